The Balaban J connectivity index is 2.05. The lowest BCUT2D eigenvalue weighted by molar-refractivity contribution is 0.0416. The van der Waals surface area contributed by atoms with Crippen molar-refractivity contribution < 1.29 is 9.47 Å². The molecule has 6 heteroatoms. The van der Waals surface area contributed by atoms with Gasteiger partial charge in [0.15, 0.2) is 0 Å². The van der Waals surface area contributed by atoms with Crippen LogP contribution in [-0.2, 0) is 4.74 Å². The smallest absolute Gasteiger partial charge is 0.228 e. The van der Waals surface area contributed by atoms with Crippen molar-refractivity contribution in [2.45, 2.75) is 6.10 Å². The Morgan fingerprint density at radius 3 is 3.29 bits per heavy atom. The van der Waals surface area contributed by atoms with Gasteiger partial charge in [-0.25, -0.2) is 4.98 Å². The number of ether oxygens (including phenoxy) is 2. The van der Waals surface area contributed by atoms with Crippen LogP contribution in [0.1, 0.15) is 0 Å². The summed E-state index contributed by atoms with van der Waals surface area (Å²) in [5, 5.41) is 3.11. The van der Waals surface area contributed by atoms with Gasteiger partial charge >= 0.3 is 0 Å². The van der Waals surface area contributed by atoms with E-state index in [1.54, 1.807) is 19.4 Å². The van der Waals surface area contributed by atoms with Crippen LogP contribution in [0, 0.1) is 0 Å². The SMILES string of the molecule is CNCC1CN(c2nccc(OC)n2)CCO1. The number of methoxy groups -OCH3 is 1. The number of likely N-dealkylation sites (N-methyl/N-ethyl adjacent to an activating group) is 1. The molecule has 0 aliphatic carbocycles. The summed E-state index contributed by atoms with van der Waals surface area (Å²) in [4.78, 5) is 10.7. The van der Waals surface area contributed by atoms with E-state index in [0.717, 1.165) is 19.6 Å². The first kappa shape index (κ1) is 12.1. The Morgan fingerprint density at radius 2 is 2.53 bits per heavy atom. The predicted molar refractivity (Wildman–Crippen MR) is 64.5 cm³/mol. The van der Waals surface area contributed by atoms with Gasteiger partial charge in [0.1, 0.15) is 0 Å². The molecule has 1 aromatic heterocycles. The van der Waals surface area contributed by atoms with Crippen molar-refractivity contribution in [3.8, 4) is 5.88 Å². The second-order valence-corrected chi connectivity index (χ2v) is 3.90. The Hall–Kier alpha value is -1.40. The maximum Gasteiger partial charge on any atom is 0.228 e. The third-order valence-electron chi connectivity index (χ3n) is 2.68. The molecule has 0 bridgehead atoms. The molecule has 2 heterocycles. The van der Waals surface area contributed by atoms with E-state index >= 15 is 0 Å². The molecule has 17 heavy (non-hydrogen) atoms. The minimum absolute atomic E-state index is 0.184. The molecule has 1 atom stereocenters. The fraction of sp³-hybridized carbons (Fsp3) is 0.636. The molecule has 1 aromatic rings. The fourth-order valence-electron chi connectivity index (χ4n) is 1.85. The zero-order chi connectivity index (χ0) is 12.1. The molecule has 1 N–H and O–H groups in total. The predicted octanol–water partition coefficient (Wildman–Crippen LogP) is -0.0902. The van der Waals surface area contributed by atoms with Gasteiger partial charge in [0.2, 0.25) is 11.8 Å². The van der Waals surface area contributed by atoms with Crippen LogP contribution in [0.4, 0.5) is 5.95 Å². The number of aromatic nitrogens is 2. The minimum Gasteiger partial charge on any atom is -0.481 e. The second-order valence-electron chi connectivity index (χ2n) is 3.90. The molecule has 1 unspecified atom stereocenters. The zero-order valence-corrected chi connectivity index (χ0v) is 10.2. The molecule has 0 spiro atoms. The van der Waals surface area contributed by atoms with Crippen LogP contribution in [0.15, 0.2) is 12.3 Å². The van der Waals surface area contributed by atoms with E-state index in [1.165, 1.54) is 0 Å². The fourth-order valence-corrected chi connectivity index (χ4v) is 1.85. The maximum atomic E-state index is 5.64. The van der Waals surface area contributed by atoms with E-state index in [1.807, 2.05) is 7.05 Å². The van der Waals surface area contributed by atoms with Crippen LogP contribution in [0.2, 0.25) is 0 Å². The van der Waals surface area contributed by atoms with Gasteiger partial charge in [-0.15, -0.1) is 0 Å². The molecule has 1 fully saturated rings. The highest BCUT2D eigenvalue weighted by Crippen LogP contribution is 2.15. The van der Waals surface area contributed by atoms with Gasteiger partial charge in [-0.1, -0.05) is 0 Å². The average molecular weight is 238 g/mol. The third-order valence-corrected chi connectivity index (χ3v) is 2.68. The van der Waals surface area contributed by atoms with Crippen LogP contribution >= 0.6 is 0 Å². The van der Waals surface area contributed by atoms with Crippen molar-refractivity contribution in [3.05, 3.63) is 12.3 Å². The molecule has 94 valence electrons. The highest BCUT2D eigenvalue weighted by atomic mass is 16.5. The van der Waals surface area contributed by atoms with Crippen molar-refractivity contribution >= 4 is 5.95 Å². The number of hydrogen-bond acceptors (Lipinski definition) is 6. The van der Waals surface area contributed by atoms with Gasteiger partial charge in [-0.3, -0.25) is 0 Å². The summed E-state index contributed by atoms with van der Waals surface area (Å²) < 4.78 is 10.7. The van der Waals surface area contributed by atoms with Gasteiger partial charge in [0.05, 0.1) is 19.8 Å². The second kappa shape index (κ2) is 5.79. The van der Waals surface area contributed by atoms with Gasteiger partial charge in [-0.05, 0) is 7.05 Å². The summed E-state index contributed by atoms with van der Waals surface area (Å²) in [6, 6.07) is 1.75. The molecule has 2 rings (SSSR count). The molecule has 1 saturated heterocycles. The summed E-state index contributed by atoms with van der Waals surface area (Å²) in [7, 11) is 3.53. The number of rotatable bonds is 4. The zero-order valence-electron chi connectivity index (χ0n) is 10.2. The standard InChI is InChI=1S/C11H18N4O2/c1-12-7-9-8-15(5-6-17-9)11-13-4-3-10(14-11)16-2/h3-4,9,12H,5-8H2,1-2H3. The Morgan fingerprint density at radius 1 is 1.65 bits per heavy atom. The number of nitrogens with one attached hydrogen (secondary N) is 1. The number of anilines is 1. The summed E-state index contributed by atoms with van der Waals surface area (Å²) in [5.74, 6) is 1.29. The van der Waals surface area contributed by atoms with Crippen molar-refractivity contribution in [1.29, 1.82) is 0 Å². The summed E-state index contributed by atoms with van der Waals surface area (Å²) >= 11 is 0. The molecule has 6 nitrogen and oxygen atoms in total. The first-order valence-electron chi connectivity index (χ1n) is 5.71. The van der Waals surface area contributed by atoms with E-state index in [-0.39, 0.29) is 6.10 Å². The van der Waals surface area contributed by atoms with Gasteiger partial charge in [-0.2, -0.15) is 4.98 Å². The van der Waals surface area contributed by atoms with E-state index in [4.69, 9.17) is 9.47 Å². The lowest BCUT2D eigenvalue weighted by Gasteiger charge is -2.32. The van der Waals surface area contributed by atoms with Crippen molar-refractivity contribution in [2.24, 2.45) is 0 Å². The topological polar surface area (TPSA) is 59.5 Å². The highest BCUT2D eigenvalue weighted by Gasteiger charge is 2.21. The van der Waals surface area contributed by atoms with Crippen LogP contribution in [-0.4, -0.2) is 56.5 Å². The van der Waals surface area contributed by atoms with Crippen LogP contribution in [0.3, 0.4) is 0 Å². The summed E-state index contributed by atoms with van der Waals surface area (Å²) in [5.41, 5.74) is 0. The average Bonchev–Trinajstić information content (AvgIpc) is 2.40. The Bertz CT molecular complexity index is 359. The Labute approximate surface area is 101 Å². The van der Waals surface area contributed by atoms with E-state index in [2.05, 4.69) is 20.2 Å². The van der Waals surface area contributed by atoms with Crippen molar-refractivity contribution in [2.75, 3.05) is 45.3 Å². The van der Waals surface area contributed by atoms with Crippen molar-refractivity contribution in [1.82, 2.24) is 15.3 Å². The first-order valence-corrected chi connectivity index (χ1v) is 5.71. The molecule has 1 aliphatic rings. The maximum absolute atomic E-state index is 5.64. The molecule has 0 radical (unpaired) electrons. The number of hydrogen-bond donors (Lipinski definition) is 1. The van der Waals surface area contributed by atoms with Gasteiger partial charge < -0.3 is 19.7 Å². The largest absolute Gasteiger partial charge is 0.481 e. The normalized spacial score (nSPS) is 20.4. The minimum atomic E-state index is 0.184. The number of morpholine rings is 1. The van der Waals surface area contributed by atoms with Gasteiger partial charge in [0.25, 0.3) is 0 Å². The van der Waals surface area contributed by atoms with E-state index < -0.39 is 0 Å². The van der Waals surface area contributed by atoms with E-state index in [9.17, 15) is 0 Å². The molecular formula is C11H18N4O2. The van der Waals surface area contributed by atoms with Crippen LogP contribution < -0.4 is 15.0 Å². The number of nitrogens with zero attached hydrogens (tertiary/aromatic N) is 3. The summed E-state index contributed by atoms with van der Waals surface area (Å²) in [6.07, 6.45) is 1.90. The van der Waals surface area contributed by atoms with Crippen LogP contribution in [0.5, 0.6) is 5.88 Å². The van der Waals surface area contributed by atoms with E-state index in [0.29, 0.717) is 18.4 Å². The van der Waals surface area contributed by atoms with Crippen LogP contribution in [0.25, 0.3) is 0 Å². The molecular weight excluding hydrogens is 220 g/mol. The monoisotopic (exact) mass is 238 g/mol. The summed E-state index contributed by atoms with van der Waals surface area (Å²) in [6.45, 7) is 3.15. The molecule has 0 aromatic carbocycles. The first-order chi connectivity index (χ1) is 8.33. The lowest BCUT2D eigenvalue weighted by atomic mass is 10.3. The quantitative estimate of drug-likeness (QED) is 0.791. The van der Waals surface area contributed by atoms with Gasteiger partial charge in [0, 0.05) is 31.9 Å². The molecule has 0 saturated carbocycles. The van der Waals surface area contributed by atoms with Crippen molar-refractivity contribution in [3.63, 3.8) is 0 Å². The molecule has 0 amide bonds. The lowest BCUT2D eigenvalue weighted by Crippen LogP contribution is -2.46. The highest BCUT2D eigenvalue weighted by molar-refractivity contribution is 5.32. The molecule has 1 aliphatic heterocycles. The third kappa shape index (κ3) is 3.04. The Kier molecular flexibility index (Phi) is 4.11.